The maximum Gasteiger partial charge on any atom is 0.251 e. The molecule has 0 aromatic carbocycles. The van der Waals surface area contributed by atoms with Gasteiger partial charge < -0.3 is 10.7 Å². The van der Waals surface area contributed by atoms with Crippen molar-refractivity contribution in [3.63, 3.8) is 0 Å². The number of pyridine rings is 1. The van der Waals surface area contributed by atoms with E-state index in [0.29, 0.717) is 10.0 Å². The predicted octanol–water partition coefficient (Wildman–Crippen LogP) is 1.37. The summed E-state index contributed by atoms with van der Waals surface area (Å²) >= 11 is 3.23. The van der Waals surface area contributed by atoms with Crippen LogP contribution in [-0.2, 0) is 9.84 Å². The van der Waals surface area contributed by atoms with Crippen molar-refractivity contribution in [2.75, 3.05) is 5.75 Å². The molecule has 1 aromatic heterocycles. The van der Waals surface area contributed by atoms with Crippen LogP contribution >= 0.6 is 15.9 Å². The largest absolute Gasteiger partial charge is 0.386 e. The Balaban J connectivity index is 3.13. The van der Waals surface area contributed by atoms with Crippen molar-refractivity contribution < 1.29 is 8.42 Å². The SMILES string of the molecule is CC(CS(=O)(=O)C(C)(C)C(=N)N)c1cc(Br)c[nH]c1=O. The van der Waals surface area contributed by atoms with E-state index in [0.717, 1.165) is 0 Å². The van der Waals surface area contributed by atoms with Gasteiger partial charge in [0.2, 0.25) is 0 Å². The maximum atomic E-state index is 12.3. The zero-order chi connectivity index (χ0) is 15.7. The van der Waals surface area contributed by atoms with Crippen LogP contribution in [0.2, 0.25) is 0 Å². The Labute approximate surface area is 126 Å². The average Bonchev–Trinajstić information content (AvgIpc) is 2.31. The second-order valence-electron chi connectivity index (χ2n) is 5.21. The quantitative estimate of drug-likeness (QED) is 0.540. The monoisotopic (exact) mass is 363 g/mol. The molecule has 0 amide bonds. The van der Waals surface area contributed by atoms with Gasteiger partial charge in [0.25, 0.3) is 5.56 Å². The highest BCUT2D eigenvalue weighted by atomic mass is 79.9. The lowest BCUT2D eigenvalue weighted by molar-refractivity contribution is 0.570. The Kier molecular flexibility index (Phi) is 4.81. The fourth-order valence-electron chi connectivity index (χ4n) is 1.63. The molecule has 8 heteroatoms. The van der Waals surface area contributed by atoms with Crippen molar-refractivity contribution in [1.82, 2.24) is 4.98 Å². The third-order valence-corrected chi connectivity index (χ3v) is 6.49. The molecule has 1 unspecified atom stereocenters. The van der Waals surface area contributed by atoms with Crippen molar-refractivity contribution in [3.8, 4) is 0 Å². The number of rotatable bonds is 5. The zero-order valence-corrected chi connectivity index (χ0v) is 13.9. The normalized spacial score (nSPS) is 14.0. The molecule has 20 heavy (non-hydrogen) atoms. The molecule has 0 radical (unpaired) electrons. The highest BCUT2D eigenvalue weighted by Gasteiger charge is 2.38. The first kappa shape index (κ1) is 16.9. The summed E-state index contributed by atoms with van der Waals surface area (Å²) in [4.78, 5) is 14.3. The van der Waals surface area contributed by atoms with Crippen LogP contribution in [0.5, 0.6) is 0 Å². The van der Waals surface area contributed by atoms with Crippen LogP contribution in [0.4, 0.5) is 0 Å². The summed E-state index contributed by atoms with van der Waals surface area (Å²) in [7, 11) is -3.65. The minimum absolute atomic E-state index is 0.251. The van der Waals surface area contributed by atoms with E-state index in [-0.39, 0.29) is 11.3 Å². The summed E-state index contributed by atoms with van der Waals surface area (Å²) in [6, 6.07) is 1.60. The molecule has 0 fully saturated rings. The van der Waals surface area contributed by atoms with Gasteiger partial charge in [-0.1, -0.05) is 6.92 Å². The second kappa shape index (κ2) is 5.69. The van der Waals surface area contributed by atoms with Crippen LogP contribution in [0.15, 0.2) is 21.5 Å². The number of H-pyrrole nitrogens is 1. The highest BCUT2D eigenvalue weighted by Crippen LogP contribution is 2.24. The number of aromatic nitrogens is 1. The summed E-state index contributed by atoms with van der Waals surface area (Å²) < 4.78 is 23.9. The predicted molar refractivity (Wildman–Crippen MR) is 83.0 cm³/mol. The number of nitrogens with two attached hydrogens (primary N) is 1. The van der Waals surface area contributed by atoms with Gasteiger partial charge in [-0.3, -0.25) is 10.2 Å². The van der Waals surface area contributed by atoms with Gasteiger partial charge in [0.1, 0.15) is 10.6 Å². The molecule has 1 heterocycles. The van der Waals surface area contributed by atoms with Gasteiger partial charge in [-0.2, -0.15) is 0 Å². The van der Waals surface area contributed by atoms with Crippen molar-refractivity contribution in [2.45, 2.75) is 31.4 Å². The van der Waals surface area contributed by atoms with Crippen molar-refractivity contribution in [3.05, 3.63) is 32.7 Å². The minimum Gasteiger partial charge on any atom is -0.386 e. The van der Waals surface area contributed by atoms with E-state index >= 15 is 0 Å². The molecule has 1 aromatic rings. The number of amidine groups is 1. The van der Waals surface area contributed by atoms with Gasteiger partial charge >= 0.3 is 0 Å². The van der Waals surface area contributed by atoms with E-state index < -0.39 is 26.3 Å². The first-order valence-corrected chi connectivity index (χ1v) is 8.38. The molecular formula is C12H18BrN3O3S. The van der Waals surface area contributed by atoms with Crippen LogP contribution in [0.25, 0.3) is 0 Å². The lowest BCUT2D eigenvalue weighted by Crippen LogP contribution is -2.46. The smallest absolute Gasteiger partial charge is 0.251 e. The van der Waals surface area contributed by atoms with Gasteiger partial charge in [0.15, 0.2) is 9.84 Å². The highest BCUT2D eigenvalue weighted by molar-refractivity contribution is 9.10. The molecule has 0 aliphatic rings. The van der Waals surface area contributed by atoms with Crippen LogP contribution in [-0.4, -0.2) is 29.7 Å². The molecule has 0 aliphatic carbocycles. The molecule has 112 valence electrons. The Morgan fingerprint density at radius 1 is 1.55 bits per heavy atom. The number of aromatic amines is 1. The summed E-state index contributed by atoms with van der Waals surface area (Å²) in [5, 5.41) is 7.40. The first-order valence-electron chi connectivity index (χ1n) is 5.94. The summed E-state index contributed by atoms with van der Waals surface area (Å²) in [5.74, 6) is -1.16. The van der Waals surface area contributed by atoms with Crippen LogP contribution in [0, 0.1) is 5.41 Å². The Morgan fingerprint density at radius 2 is 2.10 bits per heavy atom. The first-order chi connectivity index (χ1) is 8.99. The topological polar surface area (TPSA) is 117 Å². The van der Waals surface area contributed by atoms with E-state index in [4.69, 9.17) is 11.1 Å². The molecule has 0 saturated heterocycles. The number of hydrogen-bond acceptors (Lipinski definition) is 4. The molecule has 0 spiro atoms. The van der Waals surface area contributed by atoms with Gasteiger partial charge in [-0.25, -0.2) is 8.42 Å². The number of hydrogen-bond donors (Lipinski definition) is 3. The fraction of sp³-hybridized carbons (Fsp3) is 0.500. The standard InChI is InChI=1S/C12H18BrN3O3S/c1-7(9-4-8(13)5-16-10(9)17)6-20(18,19)12(2,3)11(14)15/h4-5,7H,6H2,1-3H3,(H3,14,15)(H,16,17). The van der Waals surface area contributed by atoms with E-state index in [1.165, 1.54) is 20.0 Å². The molecule has 4 N–H and O–H groups in total. The lowest BCUT2D eigenvalue weighted by Gasteiger charge is -2.25. The minimum atomic E-state index is -3.65. The third kappa shape index (κ3) is 3.29. The zero-order valence-electron chi connectivity index (χ0n) is 11.5. The Bertz CT molecular complexity index is 679. The van der Waals surface area contributed by atoms with Crippen molar-refractivity contribution in [1.29, 1.82) is 5.41 Å². The number of nitrogens with one attached hydrogen (secondary N) is 2. The maximum absolute atomic E-state index is 12.3. The van der Waals surface area contributed by atoms with Crippen molar-refractivity contribution >= 4 is 31.6 Å². The molecule has 0 saturated carbocycles. The Hall–Kier alpha value is -1.15. The average molecular weight is 364 g/mol. The van der Waals surface area contributed by atoms with Gasteiger partial charge in [-0.15, -0.1) is 0 Å². The molecule has 1 atom stereocenters. The lowest BCUT2D eigenvalue weighted by atomic mass is 10.1. The molecular weight excluding hydrogens is 346 g/mol. The fourth-order valence-corrected chi connectivity index (χ4v) is 3.59. The van der Waals surface area contributed by atoms with E-state index in [9.17, 15) is 13.2 Å². The number of sulfone groups is 1. The summed E-state index contributed by atoms with van der Waals surface area (Å²) in [6.45, 7) is 4.44. The van der Waals surface area contributed by atoms with E-state index in [1.54, 1.807) is 13.0 Å². The second-order valence-corrected chi connectivity index (χ2v) is 8.71. The van der Waals surface area contributed by atoms with Crippen LogP contribution < -0.4 is 11.3 Å². The van der Waals surface area contributed by atoms with Crippen molar-refractivity contribution in [2.24, 2.45) is 5.73 Å². The van der Waals surface area contributed by atoms with E-state index in [2.05, 4.69) is 20.9 Å². The van der Waals surface area contributed by atoms with Gasteiger partial charge in [0, 0.05) is 22.2 Å². The molecule has 6 nitrogen and oxygen atoms in total. The van der Waals surface area contributed by atoms with Gasteiger partial charge in [-0.05, 0) is 35.8 Å². The summed E-state index contributed by atoms with van der Waals surface area (Å²) in [6.07, 6.45) is 1.49. The van der Waals surface area contributed by atoms with Gasteiger partial charge in [0.05, 0.1) is 5.75 Å². The summed E-state index contributed by atoms with van der Waals surface area (Å²) in [5.41, 5.74) is 5.41. The van der Waals surface area contributed by atoms with Crippen LogP contribution in [0.1, 0.15) is 32.3 Å². The number of halogens is 1. The van der Waals surface area contributed by atoms with Crippen LogP contribution in [0.3, 0.4) is 0 Å². The molecule has 0 bridgehead atoms. The molecule has 1 rings (SSSR count). The Morgan fingerprint density at radius 3 is 2.60 bits per heavy atom. The molecule has 0 aliphatic heterocycles. The third-order valence-electron chi connectivity index (χ3n) is 3.32. The van der Waals surface area contributed by atoms with E-state index in [1.807, 2.05) is 0 Å².